The zero-order valence-electron chi connectivity index (χ0n) is 4.60. The summed E-state index contributed by atoms with van der Waals surface area (Å²) < 4.78 is 0. The number of hydroxylamine groups is 1. The predicted molar refractivity (Wildman–Crippen MR) is 38.0 cm³/mol. The van der Waals surface area contributed by atoms with Gasteiger partial charge in [-0.15, -0.1) is 11.3 Å². The topological polar surface area (TPSA) is 32.3 Å². The van der Waals surface area contributed by atoms with Crippen LogP contribution in [0.2, 0.25) is 5.02 Å². The molecule has 2 nitrogen and oxygen atoms in total. The number of halogens is 1. The molecule has 0 fully saturated rings. The van der Waals surface area contributed by atoms with Crippen LogP contribution in [0.15, 0.2) is 11.4 Å². The predicted octanol–water partition coefficient (Wildman–Crippen LogP) is 1.88. The van der Waals surface area contributed by atoms with Gasteiger partial charge in [0.1, 0.15) is 0 Å². The molecule has 0 spiro atoms. The molecule has 0 bridgehead atoms. The van der Waals surface area contributed by atoms with Crippen LogP contribution in [0.5, 0.6) is 0 Å². The van der Waals surface area contributed by atoms with E-state index in [1.54, 1.807) is 6.07 Å². The molecule has 1 rings (SSSR count). The van der Waals surface area contributed by atoms with Gasteiger partial charge in [0.25, 0.3) is 0 Å². The Hall–Kier alpha value is -0.0900. The first-order chi connectivity index (χ1) is 4.34. The molecule has 1 aromatic rings. The Labute approximate surface area is 62.0 Å². The number of rotatable bonds is 2. The second kappa shape index (κ2) is 3.17. The second-order valence-corrected chi connectivity index (χ2v) is 2.93. The Morgan fingerprint density at radius 1 is 1.78 bits per heavy atom. The number of thiophene rings is 1. The highest BCUT2D eigenvalue weighted by Crippen LogP contribution is 2.20. The van der Waals surface area contributed by atoms with Gasteiger partial charge >= 0.3 is 0 Å². The Bertz CT molecular complexity index is 189. The highest BCUT2D eigenvalue weighted by molar-refractivity contribution is 7.10. The lowest BCUT2D eigenvalue weighted by Crippen LogP contribution is -2.04. The average Bonchev–Trinajstić information content (AvgIpc) is 2.18. The molecule has 0 radical (unpaired) electrons. The standard InChI is InChI=1S/C5H6ClNOS/c6-4-1-2-9-5(4)3-7-8/h1-2,7-8H,3H2. The number of nitrogens with one attached hydrogen (secondary N) is 1. The molecule has 50 valence electrons. The van der Waals surface area contributed by atoms with Crippen LogP contribution in [0, 0.1) is 0 Å². The van der Waals surface area contributed by atoms with E-state index in [0.29, 0.717) is 11.6 Å². The molecule has 0 unspecified atom stereocenters. The summed E-state index contributed by atoms with van der Waals surface area (Å²) >= 11 is 7.20. The Kier molecular flexibility index (Phi) is 2.48. The highest BCUT2D eigenvalue weighted by atomic mass is 35.5. The summed E-state index contributed by atoms with van der Waals surface area (Å²) in [5.41, 5.74) is 2.04. The van der Waals surface area contributed by atoms with Gasteiger partial charge in [0.15, 0.2) is 0 Å². The van der Waals surface area contributed by atoms with Crippen LogP contribution >= 0.6 is 22.9 Å². The van der Waals surface area contributed by atoms with E-state index in [1.165, 1.54) is 11.3 Å². The van der Waals surface area contributed by atoms with Gasteiger partial charge in [-0.2, -0.15) is 0 Å². The Morgan fingerprint density at radius 2 is 2.56 bits per heavy atom. The molecule has 0 amide bonds. The van der Waals surface area contributed by atoms with Crippen molar-refractivity contribution in [1.82, 2.24) is 5.48 Å². The van der Waals surface area contributed by atoms with Crippen molar-refractivity contribution >= 4 is 22.9 Å². The quantitative estimate of drug-likeness (QED) is 0.653. The first-order valence-electron chi connectivity index (χ1n) is 2.43. The highest BCUT2D eigenvalue weighted by Gasteiger charge is 1.97. The van der Waals surface area contributed by atoms with Crippen molar-refractivity contribution in [2.45, 2.75) is 6.54 Å². The third-order valence-electron chi connectivity index (χ3n) is 0.931. The zero-order valence-corrected chi connectivity index (χ0v) is 6.17. The smallest absolute Gasteiger partial charge is 0.0567 e. The van der Waals surface area contributed by atoms with E-state index < -0.39 is 0 Å². The Morgan fingerprint density at radius 3 is 3.00 bits per heavy atom. The molecule has 0 atom stereocenters. The molecular formula is C5H6ClNOS. The maximum absolute atomic E-state index is 8.26. The number of hydrogen-bond donors (Lipinski definition) is 2. The SMILES string of the molecule is ONCc1sccc1Cl. The summed E-state index contributed by atoms with van der Waals surface area (Å²) in [5, 5.41) is 10.9. The monoisotopic (exact) mass is 163 g/mol. The van der Waals surface area contributed by atoms with Crippen LogP contribution in [0.3, 0.4) is 0 Å². The van der Waals surface area contributed by atoms with Crippen LogP contribution < -0.4 is 5.48 Å². The van der Waals surface area contributed by atoms with Crippen molar-refractivity contribution in [2.24, 2.45) is 0 Å². The van der Waals surface area contributed by atoms with Gasteiger partial charge in [-0.3, -0.25) is 0 Å². The maximum atomic E-state index is 8.26. The first kappa shape index (κ1) is 7.02. The summed E-state index contributed by atoms with van der Waals surface area (Å²) in [5.74, 6) is 0. The molecular weight excluding hydrogens is 158 g/mol. The molecule has 9 heavy (non-hydrogen) atoms. The van der Waals surface area contributed by atoms with Crippen LogP contribution in [0.25, 0.3) is 0 Å². The minimum Gasteiger partial charge on any atom is -0.316 e. The maximum Gasteiger partial charge on any atom is 0.0567 e. The third-order valence-corrected chi connectivity index (χ3v) is 2.32. The van der Waals surface area contributed by atoms with E-state index in [4.69, 9.17) is 16.8 Å². The van der Waals surface area contributed by atoms with Crippen LogP contribution in [-0.4, -0.2) is 5.21 Å². The molecule has 0 aliphatic carbocycles. The molecule has 4 heteroatoms. The van der Waals surface area contributed by atoms with Gasteiger partial charge in [0, 0.05) is 4.88 Å². The molecule has 1 aromatic heterocycles. The molecule has 0 aliphatic heterocycles. The summed E-state index contributed by atoms with van der Waals surface area (Å²) in [6.07, 6.45) is 0. The van der Waals surface area contributed by atoms with E-state index >= 15 is 0 Å². The second-order valence-electron chi connectivity index (χ2n) is 1.53. The van der Waals surface area contributed by atoms with E-state index in [0.717, 1.165) is 4.88 Å². The van der Waals surface area contributed by atoms with Crippen molar-refractivity contribution in [3.63, 3.8) is 0 Å². The lowest BCUT2D eigenvalue weighted by molar-refractivity contribution is 0.162. The van der Waals surface area contributed by atoms with Crippen LogP contribution in [-0.2, 0) is 6.54 Å². The van der Waals surface area contributed by atoms with Gasteiger partial charge in [0.2, 0.25) is 0 Å². The van der Waals surface area contributed by atoms with E-state index in [-0.39, 0.29) is 0 Å². The van der Waals surface area contributed by atoms with Gasteiger partial charge in [-0.25, -0.2) is 5.48 Å². The van der Waals surface area contributed by atoms with E-state index in [1.807, 2.05) is 10.9 Å². The van der Waals surface area contributed by atoms with E-state index in [9.17, 15) is 0 Å². The fraction of sp³-hybridized carbons (Fsp3) is 0.200. The molecule has 1 heterocycles. The third kappa shape index (κ3) is 1.66. The van der Waals surface area contributed by atoms with Crippen molar-refractivity contribution in [2.75, 3.05) is 0 Å². The Balaban J connectivity index is 2.69. The summed E-state index contributed by atoms with van der Waals surface area (Å²) in [4.78, 5) is 0.958. The minimum atomic E-state index is 0.427. The summed E-state index contributed by atoms with van der Waals surface area (Å²) in [7, 11) is 0. The lowest BCUT2D eigenvalue weighted by Gasteiger charge is -1.92. The summed E-state index contributed by atoms with van der Waals surface area (Å²) in [6.45, 7) is 0.427. The molecule has 0 saturated carbocycles. The van der Waals surface area contributed by atoms with E-state index in [2.05, 4.69) is 0 Å². The van der Waals surface area contributed by atoms with Crippen LogP contribution in [0.1, 0.15) is 4.88 Å². The fourth-order valence-electron chi connectivity index (χ4n) is 0.523. The van der Waals surface area contributed by atoms with Crippen molar-refractivity contribution in [3.05, 3.63) is 21.3 Å². The minimum absolute atomic E-state index is 0.427. The van der Waals surface area contributed by atoms with Gasteiger partial charge < -0.3 is 5.21 Å². The fourth-order valence-corrected chi connectivity index (χ4v) is 1.56. The van der Waals surface area contributed by atoms with Gasteiger partial charge in [0.05, 0.1) is 11.6 Å². The van der Waals surface area contributed by atoms with Crippen molar-refractivity contribution < 1.29 is 5.21 Å². The van der Waals surface area contributed by atoms with Gasteiger partial charge in [-0.1, -0.05) is 11.6 Å². The van der Waals surface area contributed by atoms with Crippen molar-refractivity contribution in [3.8, 4) is 0 Å². The average molecular weight is 164 g/mol. The lowest BCUT2D eigenvalue weighted by atomic mass is 10.5. The summed E-state index contributed by atoms with van der Waals surface area (Å²) in [6, 6.07) is 1.80. The molecule has 2 N–H and O–H groups in total. The largest absolute Gasteiger partial charge is 0.316 e. The zero-order chi connectivity index (χ0) is 6.69. The molecule has 0 aromatic carbocycles. The normalized spacial score (nSPS) is 10.0. The van der Waals surface area contributed by atoms with Gasteiger partial charge in [-0.05, 0) is 11.4 Å². The number of hydrogen-bond acceptors (Lipinski definition) is 3. The first-order valence-corrected chi connectivity index (χ1v) is 3.69. The van der Waals surface area contributed by atoms with Crippen molar-refractivity contribution in [1.29, 1.82) is 0 Å². The molecule has 0 aliphatic rings. The van der Waals surface area contributed by atoms with Crippen LogP contribution in [0.4, 0.5) is 0 Å². The molecule has 0 saturated heterocycles.